The number of carbonyl (C=O) groups is 1. The number of amidine groups is 1. The van der Waals surface area contributed by atoms with E-state index in [-0.39, 0.29) is 5.29 Å². The summed E-state index contributed by atoms with van der Waals surface area (Å²) in [5.74, 6) is 0. The van der Waals surface area contributed by atoms with Crippen LogP contribution in [0.1, 0.15) is 18.1 Å². The van der Waals surface area contributed by atoms with Crippen molar-refractivity contribution in [2.75, 3.05) is 6.61 Å². The highest BCUT2D eigenvalue weighted by Crippen LogP contribution is 2.29. The van der Waals surface area contributed by atoms with Gasteiger partial charge in [0.15, 0.2) is 0 Å². The molecule has 0 unspecified atom stereocenters. The molecule has 17 heavy (non-hydrogen) atoms. The van der Waals surface area contributed by atoms with Gasteiger partial charge in [-0.2, -0.15) is 0 Å². The first kappa shape index (κ1) is 11.9. The van der Waals surface area contributed by atoms with Gasteiger partial charge in [0.25, 0.3) is 0 Å². The summed E-state index contributed by atoms with van der Waals surface area (Å²) >= 11 is 5.97. The minimum absolute atomic E-state index is 0.154. The number of benzene rings is 1. The molecule has 0 radical (unpaired) electrons. The molecule has 90 valence electrons. The highest BCUT2D eigenvalue weighted by atomic mass is 35.5. The topological polar surface area (TPSA) is 41.9 Å². The summed E-state index contributed by atoms with van der Waals surface area (Å²) < 4.78 is 4.93. The quantitative estimate of drug-likeness (QED) is 0.721. The molecule has 5 heteroatoms. The molecule has 0 fully saturated rings. The van der Waals surface area contributed by atoms with Crippen LogP contribution < -0.4 is 0 Å². The lowest BCUT2D eigenvalue weighted by Gasteiger charge is -2.25. The molecular formula is C12H13ClN2O2. The molecule has 0 spiro atoms. The van der Waals surface area contributed by atoms with Gasteiger partial charge in [-0.05, 0) is 37.1 Å². The number of hydrogen-bond donors (Lipinski definition) is 0. The first-order chi connectivity index (χ1) is 8.13. The van der Waals surface area contributed by atoms with Crippen LogP contribution in [0.2, 0.25) is 0 Å². The molecule has 1 aliphatic heterocycles. The molecule has 0 saturated heterocycles. The van der Waals surface area contributed by atoms with Gasteiger partial charge in [-0.25, -0.2) is 14.7 Å². The van der Waals surface area contributed by atoms with E-state index in [2.05, 4.69) is 4.99 Å². The van der Waals surface area contributed by atoms with Crippen molar-refractivity contribution in [3.05, 3.63) is 29.3 Å². The summed E-state index contributed by atoms with van der Waals surface area (Å²) in [4.78, 5) is 17.2. The predicted molar refractivity (Wildman–Crippen MR) is 66.7 cm³/mol. The average molecular weight is 253 g/mol. The van der Waals surface area contributed by atoms with Crippen molar-refractivity contribution < 1.29 is 9.53 Å². The van der Waals surface area contributed by atoms with Gasteiger partial charge >= 0.3 is 6.09 Å². The van der Waals surface area contributed by atoms with Crippen LogP contribution in [0, 0.1) is 6.92 Å². The number of halogens is 1. The zero-order valence-electron chi connectivity index (χ0n) is 9.74. The molecule has 1 heterocycles. The fraction of sp³-hybridized carbons (Fsp3) is 0.333. The molecule has 0 saturated carbocycles. The Kier molecular flexibility index (Phi) is 3.33. The Labute approximate surface area is 105 Å². The van der Waals surface area contributed by atoms with Gasteiger partial charge in [0.05, 0.1) is 18.8 Å². The van der Waals surface area contributed by atoms with Crippen molar-refractivity contribution in [1.82, 2.24) is 4.90 Å². The van der Waals surface area contributed by atoms with E-state index in [1.54, 1.807) is 6.92 Å². The maximum absolute atomic E-state index is 11.7. The molecule has 0 bridgehead atoms. The van der Waals surface area contributed by atoms with E-state index in [4.69, 9.17) is 16.3 Å². The predicted octanol–water partition coefficient (Wildman–Crippen LogP) is 3.19. The molecule has 1 amide bonds. The summed E-state index contributed by atoms with van der Waals surface area (Å²) in [5, 5.41) is 0.154. The second kappa shape index (κ2) is 4.75. The van der Waals surface area contributed by atoms with E-state index in [1.807, 2.05) is 25.1 Å². The van der Waals surface area contributed by atoms with Crippen molar-refractivity contribution >= 4 is 28.7 Å². The normalized spacial score (nSPS) is 14.1. The van der Waals surface area contributed by atoms with E-state index in [9.17, 15) is 4.79 Å². The molecule has 0 atom stereocenters. The van der Waals surface area contributed by atoms with Crippen LogP contribution in [-0.4, -0.2) is 22.9 Å². The second-order valence-corrected chi connectivity index (χ2v) is 4.08. The highest BCUT2D eigenvalue weighted by Gasteiger charge is 2.25. The van der Waals surface area contributed by atoms with E-state index in [0.29, 0.717) is 13.2 Å². The molecule has 1 aromatic carbocycles. The number of rotatable bonds is 1. The third kappa shape index (κ3) is 2.26. The lowest BCUT2D eigenvalue weighted by Crippen LogP contribution is -2.36. The van der Waals surface area contributed by atoms with Crippen molar-refractivity contribution in [2.24, 2.45) is 4.99 Å². The summed E-state index contributed by atoms with van der Waals surface area (Å²) in [5.41, 5.74) is 2.91. The third-order valence-corrected chi connectivity index (χ3v) is 2.91. The van der Waals surface area contributed by atoms with Crippen LogP contribution in [0.25, 0.3) is 0 Å². The van der Waals surface area contributed by atoms with Crippen molar-refractivity contribution in [2.45, 2.75) is 20.4 Å². The maximum Gasteiger partial charge on any atom is 0.416 e. The lowest BCUT2D eigenvalue weighted by atomic mass is 10.1. The fourth-order valence-electron chi connectivity index (χ4n) is 1.72. The van der Waals surface area contributed by atoms with Crippen LogP contribution in [0.3, 0.4) is 0 Å². The second-order valence-electron chi connectivity index (χ2n) is 3.74. The number of ether oxygens (including phenoxy) is 1. The van der Waals surface area contributed by atoms with Crippen molar-refractivity contribution in [1.29, 1.82) is 0 Å². The summed E-state index contributed by atoms with van der Waals surface area (Å²) in [7, 11) is 0. The van der Waals surface area contributed by atoms with Crippen molar-refractivity contribution in [3.63, 3.8) is 0 Å². The Morgan fingerprint density at radius 2 is 2.35 bits per heavy atom. The first-order valence-electron chi connectivity index (χ1n) is 5.40. The molecule has 0 N–H and O–H groups in total. The summed E-state index contributed by atoms with van der Waals surface area (Å²) in [6, 6.07) is 5.78. The lowest BCUT2D eigenvalue weighted by molar-refractivity contribution is 0.126. The Morgan fingerprint density at radius 1 is 1.59 bits per heavy atom. The zero-order valence-corrected chi connectivity index (χ0v) is 10.5. The Hall–Kier alpha value is -1.55. The maximum atomic E-state index is 11.7. The molecule has 1 aliphatic rings. The Bertz CT molecular complexity index is 485. The van der Waals surface area contributed by atoms with Gasteiger partial charge in [0.1, 0.15) is 0 Å². The van der Waals surface area contributed by atoms with E-state index in [0.717, 1.165) is 16.8 Å². The van der Waals surface area contributed by atoms with E-state index < -0.39 is 6.09 Å². The fourth-order valence-corrected chi connectivity index (χ4v) is 1.94. The standard InChI is InChI=1S/C12H13ClN2O2/c1-3-17-12(16)15-7-9-8(2)5-4-6-10(9)14-11(15)13/h4-6H,3,7H2,1-2H3. The monoisotopic (exact) mass is 252 g/mol. The van der Waals surface area contributed by atoms with Gasteiger partial charge in [-0.3, -0.25) is 0 Å². The molecule has 0 aromatic heterocycles. The van der Waals surface area contributed by atoms with Gasteiger partial charge in [-0.15, -0.1) is 0 Å². The summed E-state index contributed by atoms with van der Waals surface area (Å²) in [6.07, 6.45) is -0.463. The number of carbonyl (C=O) groups excluding carboxylic acids is 1. The SMILES string of the molecule is CCOC(=O)N1Cc2c(C)cccc2N=C1Cl. The first-order valence-corrected chi connectivity index (χ1v) is 5.78. The van der Waals surface area contributed by atoms with Crippen LogP contribution in [-0.2, 0) is 11.3 Å². The van der Waals surface area contributed by atoms with Crippen LogP contribution >= 0.6 is 11.6 Å². The Morgan fingerprint density at radius 3 is 3.06 bits per heavy atom. The van der Waals surface area contributed by atoms with Gasteiger partial charge < -0.3 is 4.74 Å². The molecule has 2 rings (SSSR count). The Balaban J connectivity index is 2.34. The van der Waals surface area contributed by atoms with E-state index >= 15 is 0 Å². The largest absolute Gasteiger partial charge is 0.449 e. The smallest absolute Gasteiger partial charge is 0.416 e. The average Bonchev–Trinajstić information content (AvgIpc) is 2.29. The van der Waals surface area contributed by atoms with Crippen LogP contribution in [0.4, 0.5) is 10.5 Å². The minimum atomic E-state index is -0.463. The molecule has 0 aliphatic carbocycles. The van der Waals surface area contributed by atoms with E-state index in [1.165, 1.54) is 4.90 Å². The summed E-state index contributed by atoms with van der Waals surface area (Å²) in [6.45, 7) is 4.46. The number of aryl methyl sites for hydroxylation is 1. The third-order valence-electron chi connectivity index (χ3n) is 2.63. The highest BCUT2D eigenvalue weighted by molar-refractivity contribution is 6.66. The minimum Gasteiger partial charge on any atom is -0.449 e. The number of nitrogens with zero attached hydrogens (tertiary/aromatic N) is 2. The van der Waals surface area contributed by atoms with Crippen LogP contribution in [0.15, 0.2) is 23.2 Å². The molecule has 4 nitrogen and oxygen atoms in total. The number of amides is 1. The number of hydrogen-bond acceptors (Lipinski definition) is 3. The molecular weight excluding hydrogens is 240 g/mol. The number of aliphatic imine (C=N–C) groups is 1. The molecule has 1 aromatic rings. The zero-order chi connectivity index (χ0) is 12.4. The van der Waals surface area contributed by atoms with Crippen LogP contribution in [0.5, 0.6) is 0 Å². The van der Waals surface area contributed by atoms with Gasteiger partial charge in [0, 0.05) is 5.56 Å². The van der Waals surface area contributed by atoms with Gasteiger partial charge in [-0.1, -0.05) is 12.1 Å². The number of fused-ring (bicyclic) bond motifs is 1. The van der Waals surface area contributed by atoms with Gasteiger partial charge in [0.2, 0.25) is 5.29 Å². The van der Waals surface area contributed by atoms with Crippen molar-refractivity contribution in [3.8, 4) is 0 Å².